The zero-order chi connectivity index (χ0) is 15.3. The highest BCUT2D eigenvalue weighted by atomic mass is 16.9. The lowest BCUT2D eigenvalue weighted by atomic mass is 10.5. The van der Waals surface area contributed by atoms with Crippen LogP contribution in [0.4, 0.5) is 11.8 Å². The van der Waals surface area contributed by atoms with Crippen LogP contribution in [-0.4, -0.2) is 52.8 Å². The quantitative estimate of drug-likeness (QED) is 0.609. The maximum atomic E-state index is 5.83. The van der Waals surface area contributed by atoms with Crippen LogP contribution < -0.4 is 11.1 Å². The fourth-order valence-electron chi connectivity index (χ4n) is 1.90. The summed E-state index contributed by atoms with van der Waals surface area (Å²) in [4.78, 5) is 15.3. The second kappa shape index (κ2) is 6.66. The molecule has 2 aromatic rings. The first-order valence-corrected chi connectivity index (χ1v) is 6.67. The highest BCUT2D eigenvalue weighted by molar-refractivity contribution is 5.82. The number of fused-ring (bicyclic) bond motifs is 1. The number of nitrogens with two attached hydrogens (primary N) is 1. The average molecular weight is 296 g/mol. The molecule has 0 saturated carbocycles. The van der Waals surface area contributed by atoms with Gasteiger partial charge in [0, 0.05) is 20.3 Å². The van der Waals surface area contributed by atoms with E-state index in [1.54, 1.807) is 0 Å². The summed E-state index contributed by atoms with van der Waals surface area (Å²) in [5, 5.41) is 3.00. The Bertz CT molecular complexity index is 581. The highest BCUT2D eigenvalue weighted by Gasteiger charge is 2.31. The summed E-state index contributed by atoms with van der Waals surface area (Å²) < 4.78 is 16.4. The van der Waals surface area contributed by atoms with Gasteiger partial charge < -0.3 is 30.2 Å². The molecule has 0 spiro atoms. The largest absolute Gasteiger partial charge is 0.382 e. The number of aromatic amines is 1. The van der Waals surface area contributed by atoms with Gasteiger partial charge in [-0.25, -0.2) is 4.98 Å². The number of ether oxygens (including phenoxy) is 3. The van der Waals surface area contributed by atoms with Crippen molar-refractivity contribution in [2.75, 3.05) is 37.9 Å². The molecule has 0 aliphatic carbocycles. The van der Waals surface area contributed by atoms with Crippen molar-refractivity contribution in [3.05, 3.63) is 6.33 Å². The lowest BCUT2D eigenvalue weighted by Gasteiger charge is -2.31. The lowest BCUT2D eigenvalue weighted by molar-refractivity contribution is -0.359. The van der Waals surface area contributed by atoms with E-state index in [1.807, 2.05) is 13.8 Å². The Morgan fingerprint density at radius 3 is 2.62 bits per heavy atom. The van der Waals surface area contributed by atoms with Crippen molar-refractivity contribution in [1.82, 2.24) is 19.9 Å². The van der Waals surface area contributed by atoms with Crippen molar-refractivity contribution in [2.24, 2.45) is 0 Å². The third-order valence-electron chi connectivity index (χ3n) is 2.82. The van der Waals surface area contributed by atoms with Crippen LogP contribution in [0.5, 0.6) is 0 Å². The third kappa shape index (κ3) is 3.38. The molecule has 0 fully saturated rings. The van der Waals surface area contributed by atoms with Gasteiger partial charge in [0.25, 0.3) is 0 Å². The molecule has 0 bridgehead atoms. The molecular formula is C12H20N6O3. The van der Waals surface area contributed by atoms with Gasteiger partial charge in [0.1, 0.15) is 5.52 Å². The zero-order valence-corrected chi connectivity index (χ0v) is 12.3. The van der Waals surface area contributed by atoms with Crippen LogP contribution in [0.1, 0.15) is 13.8 Å². The predicted molar refractivity (Wildman–Crippen MR) is 77.6 cm³/mol. The molecule has 2 rings (SSSR count). The summed E-state index contributed by atoms with van der Waals surface area (Å²) in [6.45, 7) is 4.81. The minimum Gasteiger partial charge on any atom is -0.382 e. The number of hydrogen-bond donors (Lipinski definition) is 3. The molecule has 116 valence electrons. The Balaban J connectivity index is 2.14. The van der Waals surface area contributed by atoms with Gasteiger partial charge in [-0.1, -0.05) is 0 Å². The highest BCUT2D eigenvalue weighted by Crippen LogP contribution is 2.18. The number of H-pyrrole nitrogens is 1. The molecule has 0 amide bonds. The van der Waals surface area contributed by atoms with Crippen LogP contribution >= 0.6 is 0 Å². The number of nitrogens with zero attached hydrogens (tertiary/aromatic N) is 3. The van der Waals surface area contributed by atoms with Gasteiger partial charge in [0.05, 0.1) is 12.9 Å². The van der Waals surface area contributed by atoms with E-state index in [0.717, 1.165) is 0 Å². The van der Waals surface area contributed by atoms with Crippen molar-refractivity contribution in [3.63, 3.8) is 0 Å². The Hall–Kier alpha value is -1.97. The molecule has 0 aromatic carbocycles. The molecule has 0 aliphatic heterocycles. The average Bonchev–Trinajstić information content (AvgIpc) is 2.94. The first kappa shape index (κ1) is 15.4. The summed E-state index contributed by atoms with van der Waals surface area (Å²) in [5.41, 5.74) is 6.93. The molecule has 9 nitrogen and oxygen atoms in total. The molecule has 9 heteroatoms. The third-order valence-corrected chi connectivity index (χ3v) is 2.82. The molecule has 2 aromatic heterocycles. The standard InChI is InChI=1S/C12H20N6O3/c1-4-20-12(19-3,21-5-2)6-14-11-17-9(13)8-10(18-11)16-7-15-8/h7H,4-6H2,1-3H3,(H4,13,14,15,16,17,18). The Morgan fingerprint density at radius 1 is 1.29 bits per heavy atom. The fraction of sp³-hybridized carbons (Fsp3) is 0.583. The van der Waals surface area contributed by atoms with Crippen molar-refractivity contribution in [3.8, 4) is 0 Å². The van der Waals surface area contributed by atoms with E-state index < -0.39 is 5.97 Å². The van der Waals surface area contributed by atoms with Gasteiger partial charge >= 0.3 is 5.97 Å². The molecular weight excluding hydrogens is 276 g/mol. The smallest absolute Gasteiger partial charge is 0.301 e. The number of hydrogen-bond acceptors (Lipinski definition) is 8. The van der Waals surface area contributed by atoms with Gasteiger partial charge in [-0.3, -0.25) is 0 Å². The normalized spacial score (nSPS) is 12.0. The van der Waals surface area contributed by atoms with Gasteiger partial charge in [-0.05, 0) is 13.8 Å². The summed E-state index contributed by atoms with van der Waals surface area (Å²) in [5.74, 6) is -0.550. The number of nitrogen functional groups attached to an aromatic ring is 1. The van der Waals surface area contributed by atoms with E-state index in [4.69, 9.17) is 19.9 Å². The van der Waals surface area contributed by atoms with Crippen molar-refractivity contribution >= 4 is 22.9 Å². The minimum atomic E-state index is -1.19. The second-order valence-corrected chi connectivity index (χ2v) is 4.14. The summed E-state index contributed by atoms with van der Waals surface area (Å²) in [7, 11) is 1.51. The van der Waals surface area contributed by atoms with Crippen LogP contribution in [0, 0.1) is 0 Å². The second-order valence-electron chi connectivity index (χ2n) is 4.14. The Morgan fingerprint density at radius 2 is 2.00 bits per heavy atom. The maximum Gasteiger partial charge on any atom is 0.301 e. The van der Waals surface area contributed by atoms with Crippen LogP contribution in [0.2, 0.25) is 0 Å². The molecule has 4 N–H and O–H groups in total. The Labute approximate surface area is 122 Å². The molecule has 21 heavy (non-hydrogen) atoms. The predicted octanol–water partition coefficient (Wildman–Crippen LogP) is 0.720. The molecule has 0 atom stereocenters. The van der Waals surface area contributed by atoms with Crippen molar-refractivity contribution < 1.29 is 14.2 Å². The van der Waals surface area contributed by atoms with Gasteiger partial charge in [0.2, 0.25) is 5.95 Å². The van der Waals surface area contributed by atoms with E-state index in [0.29, 0.717) is 36.1 Å². The summed E-state index contributed by atoms with van der Waals surface area (Å²) >= 11 is 0. The van der Waals surface area contributed by atoms with Crippen LogP contribution in [0.25, 0.3) is 11.2 Å². The Kier molecular flexibility index (Phi) is 4.89. The SMILES string of the molecule is CCOC(CNc1nc(N)c2[nH]cnc2n1)(OC)OCC. The van der Waals surface area contributed by atoms with Gasteiger partial charge in [-0.2, -0.15) is 9.97 Å². The number of methoxy groups -OCH3 is 1. The van der Waals surface area contributed by atoms with E-state index in [9.17, 15) is 0 Å². The summed E-state index contributed by atoms with van der Waals surface area (Å²) in [6, 6.07) is 0. The molecule has 0 saturated heterocycles. The first-order valence-electron chi connectivity index (χ1n) is 6.67. The van der Waals surface area contributed by atoms with Crippen molar-refractivity contribution in [2.45, 2.75) is 19.8 Å². The summed E-state index contributed by atoms with van der Waals surface area (Å²) in [6.07, 6.45) is 1.51. The number of imidazole rings is 1. The van der Waals surface area contributed by atoms with Crippen LogP contribution in [-0.2, 0) is 14.2 Å². The first-order chi connectivity index (χ1) is 10.1. The number of nitrogens with one attached hydrogen (secondary N) is 2. The van der Waals surface area contributed by atoms with Crippen molar-refractivity contribution in [1.29, 1.82) is 0 Å². The topological polar surface area (TPSA) is 120 Å². The molecule has 0 aliphatic rings. The molecule has 0 unspecified atom stereocenters. The number of aromatic nitrogens is 4. The fourth-order valence-corrected chi connectivity index (χ4v) is 1.90. The van der Waals surface area contributed by atoms with E-state index in [2.05, 4.69) is 25.3 Å². The van der Waals surface area contributed by atoms with E-state index >= 15 is 0 Å². The lowest BCUT2D eigenvalue weighted by Crippen LogP contribution is -2.45. The van der Waals surface area contributed by atoms with Gasteiger partial charge in [-0.15, -0.1) is 0 Å². The van der Waals surface area contributed by atoms with Crippen LogP contribution in [0.3, 0.4) is 0 Å². The minimum absolute atomic E-state index is 0.209. The monoisotopic (exact) mass is 296 g/mol. The number of rotatable bonds is 8. The van der Waals surface area contributed by atoms with Gasteiger partial charge in [0.15, 0.2) is 11.5 Å². The molecule has 2 heterocycles. The van der Waals surface area contributed by atoms with E-state index in [1.165, 1.54) is 13.4 Å². The maximum absolute atomic E-state index is 5.83. The zero-order valence-electron chi connectivity index (χ0n) is 12.3. The number of anilines is 2. The van der Waals surface area contributed by atoms with Crippen LogP contribution in [0.15, 0.2) is 6.33 Å². The molecule has 0 radical (unpaired) electrons. The van der Waals surface area contributed by atoms with E-state index in [-0.39, 0.29) is 6.54 Å².